The normalized spacial score (nSPS) is 11.6. The highest BCUT2D eigenvalue weighted by Gasteiger charge is 2.21. The van der Waals surface area contributed by atoms with Crippen LogP contribution in [0, 0.1) is 0 Å². The molecule has 6 heteroatoms. The molecule has 0 unspecified atom stereocenters. The molecule has 0 saturated carbocycles. The summed E-state index contributed by atoms with van der Waals surface area (Å²) in [4.78, 5) is 25.6. The van der Waals surface area contributed by atoms with Crippen LogP contribution in [0.25, 0.3) is 0 Å². The number of carbonyl (C=O) groups excluding carboxylic acids is 1. The summed E-state index contributed by atoms with van der Waals surface area (Å²) < 4.78 is 4.41. The molecule has 0 radical (unpaired) electrons. The Morgan fingerprint density at radius 2 is 2.12 bits per heavy atom. The van der Waals surface area contributed by atoms with Gasteiger partial charge < -0.3 is 15.2 Å². The zero-order chi connectivity index (χ0) is 12.0. The first-order valence-electron chi connectivity index (χ1n) is 4.59. The van der Waals surface area contributed by atoms with Crippen LogP contribution in [0.2, 0.25) is 0 Å². The number of anilines is 1. The molecule has 0 aliphatic carbocycles. The molecule has 0 aromatic carbocycles. The number of carboxylic acids is 1. The fourth-order valence-corrected chi connectivity index (χ4v) is 1.10. The molecule has 0 aliphatic rings. The molecule has 1 aromatic heterocycles. The van der Waals surface area contributed by atoms with Crippen LogP contribution in [0.5, 0.6) is 0 Å². The summed E-state index contributed by atoms with van der Waals surface area (Å²) in [6.07, 6.45) is 2.83. The molecule has 1 rings (SSSR count). The minimum absolute atomic E-state index is 0.228. The van der Waals surface area contributed by atoms with Gasteiger partial charge in [-0.25, -0.2) is 4.79 Å². The average molecular weight is 224 g/mol. The zero-order valence-corrected chi connectivity index (χ0v) is 8.71. The van der Waals surface area contributed by atoms with E-state index >= 15 is 0 Å². The van der Waals surface area contributed by atoms with Gasteiger partial charge in [-0.15, -0.1) is 0 Å². The summed E-state index contributed by atoms with van der Waals surface area (Å²) in [7, 11) is 1.22. The topological polar surface area (TPSA) is 88.5 Å². The van der Waals surface area contributed by atoms with Gasteiger partial charge in [-0.1, -0.05) is 0 Å². The lowest BCUT2D eigenvalue weighted by Gasteiger charge is -2.14. The number of esters is 1. The van der Waals surface area contributed by atoms with Crippen LogP contribution in [0.15, 0.2) is 24.5 Å². The van der Waals surface area contributed by atoms with Gasteiger partial charge in [0.15, 0.2) is 0 Å². The van der Waals surface area contributed by atoms with Crippen molar-refractivity contribution in [2.75, 3.05) is 12.4 Å². The second kappa shape index (κ2) is 5.69. The number of methoxy groups -OCH3 is 1. The van der Waals surface area contributed by atoms with Crippen molar-refractivity contribution >= 4 is 17.6 Å². The summed E-state index contributed by atoms with van der Waals surface area (Å²) in [5, 5.41) is 11.6. The summed E-state index contributed by atoms with van der Waals surface area (Å²) >= 11 is 0. The van der Waals surface area contributed by atoms with E-state index in [9.17, 15) is 9.59 Å². The largest absolute Gasteiger partial charge is 0.480 e. The van der Waals surface area contributed by atoms with E-state index in [1.807, 2.05) is 0 Å². The third-order valence-corrected chi connectivity index (χ3v) is 1.92. The van der Waals surface area contributed by atoms with Gasteiger partial charge in [0, 0.05) is 18.1 Å². The Morgan fingerprint density at radius 3 is 2.62 bits per heavy atom. The van der Waals surface area contributed by atoms with Crippen LogP contribution in [0.4, 0.5) is 5.69 Å². The summed E-state index contributed by atoms with van der Waals surface area (Å²) in [5.41, 5.74) is 0.589. The first-order valence-corrected chi connectivity index (χ1v) is 4.59. The lowest BCUT2D eigenvalue weighted by molar-refractivity contribution is -0.146. The molecule has 0 bridgehead atoms. The number of pyridine rings is 1. The lowest BCUT2D eigenvalue weighted by atomic mass is 10.2. The highest BCUT2D eigenvalue weighted by molar-refractivity contribution is 5.84. The van der Waals surface area contributed by atoms with Crippen LogP contribution >= 0.6 is 0 Å². The molecular weight excluding hydrogens is 212 g/mol. The van der Waals surface area contributed by atoms with E-state index in [1.165, 1.54) is 19.5 Å². The zero-order valence-electron chi connectivity index (χ0n) is 8.71. The standard InChI is InChI=1S/C10H12N2O4/c1-16-9(13)6-8(10(14)15)12-7-2-4-11-5-3-7/h2-5,8H,6H2,1H3,(H,11,12)(H,14,15)/t8-/m0/s1. The van der Waals surface area contributed by atoms with Crippen LogP contribution in [-0.4, -0.2) is 35.2 Å². The number of nitrogens with zero attached hydrogens (tertiary/aromatic N) is 1. The Balaban J connectivity index is 2.65. The Labute approximate surface area is 92.3 Å². The molecule has 1 aromatic rings. The quantitative estimate of drug-likeness (QED) is 0.708. The van der Waals surface area contributed by atoms with Gasteiger partial charge in [0.1, 0.15) is 6.04 Å². The van der Waals surface area contributed by atoms with Gasteiger partial charge in [0.2, 0.25) is 0 Å². The van der Waals surface area contributed by atoms with Gasteiger partial charge in [0.05, 0.1) is 13.5 Å². The van der Waals surface area contributed by atoms with Crippen molar-refractivity contribution in [1.82, 2.24) is 4.98 Å². The predicted molar refractivity (Wildman–Crippen MR) is 55.9 cm³/mol. The lowest BCUT2D eigenvalue weighted by Crippen LogP contribution is -2.32. The third-order valence-electron chi connectivity index (χ3n) is 1.92. The monoisotopic (exact) mass is 224 g/mol. The van der Waals surface area contributed by atoms with Crippen LogP contribution in [0.3, 0.4) is 0 Å². The van der Waals surface area contributed by atoms with E-state index in [0.29, 0.717) is 5.69 Å². The van der Waals surface area contributed by atoms with Crippen LogP contribution in [-0.2, 0) is 14.3 Å². The number of hydrogen-bond acceptors (Lipinski definition) is 5. The Hall–Kier alpha value is -2.11. The van der Waals surface area contributed by atoms with Crippen molar-refractivity contribution in [2.24, 2.45) is 0 Å². The van der Waals surface area contributed by atoms with E-state index < -0.39 is 18.0 Å². The second-order valence-corrected chi connectivity index (χ2v) is 3.05. The van der Waals surface area contributed by atoms with E-state index in [2.05, 4.69) is 15.0 Å². The SMILES string of the molecule is COC(=O)C[C@H](Nc1ccncc1)C(=O)O. The molecule has 6 nitrogen and oxygen atoms in total. The van der Waals surface area contributed by atoms with Crippen molar-refractivity contribution < 1.29 is 19.4 Å². The van der Waals surface area contributed by atoms with Crippen molar-refractivity contribution in [3.8, 4) is 0 Å². The maximum Gasteiger partial charge on any atom is 0.326 e. The number of carbonyl (C=O) groups is 2. The number of ether oxygens (including phenoxy) is 1. The summed E-state index contributed by atoms with van der Waals surface area (Å²) in [5.74, 6) is -1.68. The van der Waals surface area contributed by atoms with Gasteiger partial charge in [0.25, 0.3) is 0 Å². The molecule has 16 heavy (non-hydrogen) atoms. The number of aliphatic carboxylic acids is 1. The van der Waals surface area contributed by atoms with Gasteiger partial charge in [-0.3, -0.25) is 9.78 Å². The average Bonchev–Trinajstić information content (AvgIpc) is 2.29. The van der Waals surface area contributed by atoms with E-state index in [-0.39, 0.29) is 6.42 Å². The number of nitrogens with one attached hydrogen (secondary N) is 1. The minimum Gasteiger partial charge on any atom is -0.480 e. The third kappa shape index (κ3) is 3.56. The van der Waals surface area contributed by atoms with E-state index in [4.69, 9.17) is 5.11 Å². The first kappa shape index (κ1) is 12.0. The van der Waals surface area contributed by atoms with E-state index in [1.54, 1.807) is 12.1 Å². The van der Waals surface area contributed by atoms with Crippen molar-refractivity contribution in [2.45, 2.75) is 12.5 Å². The Bertz CT molecular complexity index is 366. The maximum atomic E-state index is 11.0. The summed E-state index contributed by atoms with van der Waals surface area (Å²) in [6.45, 7) is 0. The predicted octanol–water partition coefficient (Wildman–Crippen LogP) is 0.510. The molecule has 0 aliphatic heterocycles. The highest BCUT2D eigenvalue weighted by Crippen LogP contribution is 2.08. The number of rotatable bonds is 5. The molecule has 1 heterocycles. The van der Waals surface area contributed by atoms with Crippen molar-refractivity contribution in [3.63, 3.8) is 0 Å². The maximum absolute atomic E-state index is 11.0. The Kier molecular flexibility index (Phi) is 4.26. The second-order valence-electron chi connectivity index (χ2n) is 3.05. The minimum atomic E-state index is -1.11. The molecule has 0 fully saturated rings. The molecule has 0 saturated heterocycles. The fourth-order valence-electron chi connectivity index (χ4n) is 1.10. The van der Waals surface area contributed by atoms with Gasteiger partial charge in [-0.2, -0.15) is 0 Å². The molecule has 86 valence electrons. The molecular formula is C10H12N2O4. The smallest absolute Gasteiger partial charge is 0.326 e. The molecule has 0 amide bonds. The van der Waals surface area contributed by atoms with Crippen LogP contribution in [0.1, 0.15) is 6.42 Å². The number of aromatic nitrogens is 1. The summed E-state index contributed by atoms with van der Waals surface area (Å²) in [6, 6.07) is 2.23. The van der Waals surface area contributed by atoms with Gasteiger partial charge in [-0.05, 0) is 12.1 Å². The van der Waals surface area contributed by atoms with E-state index in [0.717, 1.165) is 0 Å². The first-order chi connectivity index (χ1) is 7.63. The number of carboxylic acid groups (broad SMARTS) is 1. The van der Waals surface area contributed by atoms with Crippen LogP contribution < -0.4 is 5.32 Å². The Morgan fingerprint density at radius 1 is 1.50 bits per heavy atom. The van der Waals surface area contributed by atoms with Crippen molar-refractivity contribution in [1.29, 1.82) is 0 Å². The molecule has 1 atom stereocenters. The fraction of sp³-hybridized carbons (Fsp3) is 0.300. The van der Waals surface area contributed by atoms with Gasteiger partial charge >= 0.3 is 11.9 Å². The number of hydrogen-bond donors (Lipinski definition) is 2. The van der Waals surface area contributed by atoms with Crippen molar-refractivity contribution in [3.05, 3.63) is 24.5 Å². The molecule has 2 N–H and O–H groups in total. The highest BCUT2D eigenvalue weighted by atomic mass is 16.5. The molecule has 0 spiro atoms.